The Morgan fingerprint density at radius 2 is 2.17 bits per heavy atom. The first-order chi connectivity index (χ1) is 14.2. The molecule has 7 nitrogen and oxygen atoms in total. The smallest absolute Gasteiger partial charge is 0.184 e. The van der Waals surface area contributed by atoms with Crippen LogP contribution >= 0.6 is 11.3 Å². The number of hydrogen-bond donors (Lipinski definition) is 2. The summed E-state index contributed by atoms with van der Waals surface area (Å²) in [6, 6.07) is 10.2. The number of piperidine rings is 1. The van der Waals surface area contributed by atoms with Gasteiger partial charge in [0.05, 0.1) is 22.1 Å². The molecule has 1 aliphatic rings. The SMILES string of the molecule is Cn1cc(-c2cc(Oc3ccc4nc(NC5CCCNC5)sc4c3)ccn2)cn1. The van der Waals surface area contributed by atoms with Crippen LogP contribution in [0.4, 0.5) is 5.13 Å². The van der Waals surface area contributed by atoms with Gasteiger partial charge in [-0.1, -0.05) is 11.3 Å². The van der Waals surface area contributed by atoms with E-state index in [1.54, 1.807) is 28.4 Å². The second kappa shape index (κ2) is 7.81. The molecule has 1 fully saturated rings. The van der Waals surface area contributed by atoms with Gasteiger partial charge in [0, 0.05) is 49.7 Å². The van der Waals surface area contributed by atoms with Crippen molar-refractivity contribution in [2.45, 2.75) is 18.9 Å². The van der Waals surface area contributed by atoms with Gasteiger partial charge in [0.1, 0.15) is 11.5 Å². The minimum atomic E-state index is 0.447. The molecular weight excluding hydrogens is 384 g/mol. The van der Waals surface area contributed by atoms with Crippen LogP contribution in [0.25, 0.3) is 21.5 Å². The highest BCUT2D eigenvalue weighted by atomic mass is 32.1. The highest BCUT2D eigenvalue weighted by Crippen LogP contribution is 2.32. The first-order valence-corrected chi connectivity index (χ1v) is 10.6. The van der Waals surface area contributed by atoms with Crippen molar-refractivity contribution < 1.29 is 4.74 Å². The molecule has 0 spiro atoms. The Labute approximate surface area is 172 Å². The second-order valence-corrected chi connectivity index (χ2v) is 8.25. The molecule has 3 aromatic heterocycles. The number of nitrogens with one attached hydrogen (secondary N) is 2. The molecule has 2 N–H and O–H groups in total. The highest BCUT2D eigenvalue weighted by Gasteiger charge is 2.15. The fraction of sp³-hybridized carbons (Fsp3) is 0.286. The van der Waals surface area contributed by atoms with Gasteiger partial charge in [0.15, 0.2) is 5.13 Å². The van der Waals surface area contributed by atoms with Gasteiger partial charge in [0.2, 0.25) is 0 Å². The number of aromatic nitrogens is 4. The van der Waals surface area contributed by atoms with Crippen molar-refractivity contribution in [3.8, 4) is 22.8 Å². The number of hydrogen-bond acceptors (Lipinski definition) is 7. The molecule has 1 aliphatic heterocycles. The molecule has 0 amide bonds. The molecule has 0 radical (unpaired) electrons. The Morgan fingerprint density at radius 1 is 1.24 bits per heavy atom. The first kappa shape index (κ1) is 18.1. The van der Waals surface area contributed by atoms with E-state index < -0.39 is 0 Å². The topological polar surface area (TPSA) is 76.9 Å². The molecule has 8 heteroatoms. The molecule has 4 aromatic rings. The second-order valence-electron chi connectivity index (χ2n) is 7.22. The van der Waals surface area contributed by atoms with Gasteiger partial charge in [-0.15, -0.1) is 0 Å². The Morgan fingerprint density at radius 3 is 3.00 bits per heavy atom. The summed E-state index contributed by atoms with van der Waals surface area (Å²) in [5, 5.41) is 12.2. The van der Waals surface area contributed by atoms with Crippen LogP contribution in [0.2, 0.25) is 0 Å². The number of aryl methyl sites for hydroxylation is 1. The molecular formula is C21H22N6OS. The third-order valence-corrected chi connectivity index (χ3v) is 5.90. The maximum Gasteiger partial charge on any atom is 0.184 e. The molecule has 1 saturated heterocycles. The Balaban J connectivity index is 1.34. The van der Waals surface area contributed by atoms with Crippen molar-refractivity contribution in [3.63, 3.8) is 0 Å². The lowest BCUT2D eigenvalue weighted by atomic mass is 10.1. The van der Waals surface area contributed by atoms with Crippen LogP contribution in [-0.2, 0) is 7.05 Å². The van der Waals surface area contributed by atoms with E-state index in [0.717, 1.165) is 51.2 Å². The van der Waals surface area contributed by atoms with Crippen LogP contribution in [0.5, 0.6) is 11.5 Å². The normalized spacial score (nSPS) is 16.8. The lowest BCUT2D eigenvalue weighted by Gasteiger charge is -2.23. The first-order valence-electron chi connectivity index (χ1n) is 9.74. The number of benzene rings is 1. The third-order valence-electron chi connectivity index (χ3n) is 4.95. The average molecular weight is 407 g/mol. The van der Waals surface area contributed by atoms with Gasteiger partial charge in [-0.25, -0.2) is 4.98 Å². The zero-order valence-corrected chi connectivity index (χ0v) is 16.9. The van der Waals surface area contributed by atoms with E-state index >= 15 is 0 Å². The number of anilines is 1. The number of ether oxygens (including phenoxy) is 1. The quantitative estimate of drug-likeness (QED) is 0.521. The van der Waals surface area contributed by atoms with Gasteiger partial charge >= 0.3 is 0 Å². The van der Waals surface area contributed by atoms with Crippen LogP contribution in [0.3, 0.4) is 0 Å². The predicted molar refractivity (Wildman–Crippen MR) is 116 cm³/mol. The van der Waals surface area contributed by atoms with Crippen LogP contribution in [0, 0.1) is 0 Å². The van der Waals surface area contributed by atoms with Gasteiger partial charge in [-0.2, -0.15) is 5.10 Å². The Hall–Kier alpha value is -2.97. The molecule has 1 aromatic carbocycles. The molecule has 1 unspecified atom stereocenters. The van der Waals surface area contributed by atoms with Crippen molar-refractivity contribution in [1.82, 2.24) is 25.1 Å². The summed E-state index contributed by atoms with van der Waals surface area (Å²) in [4.78, 5) is 9.13. The minimum Gasteiger partial charge on any atom is -0.457 e. The maximum absolute atomic E-state index is 6.10. The van der Waals surface area contributed by atoms with Crippen molar-refractivity contribution in [2.24, 2.45) is 7.05 Å². The van der Waals surface area contributed by atoms with Gasteiger partial charge in [0.25, 0.3) is 0 Å². The summed E-state index contributed by atoms with van der Waals surface area (Å²) in [6.45, 7) is 2.10. The Kier molecular flexibility index (Phi) is 4.87. The van der Waals surface area contributed by atoms with E-state index in [2.05, 4.69) is 20.7 Å². The summed E-state index contributed by atoms with van der Waals surface area (Å²) in [5.41, 5.74) is 2.78. The number of thiazole rings is 1. The average Bonchev–Trinajstić information content (AvgIpc) is 3.34. The molecule has 0 bridgehead atoms. The maximum atomic E-state index is 6.10. The van der Waals surface area contributed by atoms with Crippen LogP contribution in [0.1, 0.15) is 12.8 Å². The van der Waals surface area contributed by atoms with E-state index in [-0.39, 0.29) is 0 Å². The van der Waals surface area contributed by atoms with Crippen molar-refractivity contribution in [2.75, 3.05) is 18.4 Å². The third kappa shape index (κ3) is 4.08. The largest absolute Gasteiger partial charge is 0.457 e. The van der Waals surface area contributed by atoms with Crippen LogP contribution in [0.15, 0.2) is 48.9 Å². The zero-order valence-electron chi connectivity index (χ0n) is 16.1. The van der Waals surface area contributed by atoms with E-state index in [0.29, 0.717) is 6.04 Å². The molecule has 148 valence electrons. The number of fused-ring (bicyclic) bond motifs is 1. The van der Waals surface area contributed by atoms with E-state index in [1.807, 2.05) is 43.6 Å². The van der Waals surface area contributed by atoms with Crippen molar-refractivity contribution in [3.05, 3.63) is 48.9 Å². The van der Waals surface area contributed by atoms with Crippen molar-refractivity contribution >= 4 is 26.7 Å². The fourth-order valence-corrected chi connectivity index (χ4v) is 4.47. The van der Waals surface area contributed by atoms with Crippen molar-refractivity contribution in [1.29, 1.82) is 0 Å². The summed E-state index contributed by atoms with van der Waals surface area (Å²) in [6.07, 6.45) is 7.87. The van der Waals surface area contributed by atoms with Gasteiger partial charge < -0.3 is 15.4 Å². The number of nitrogens with zero attached hydrogens (tertiary/aromatic N) is 4. The monoisotopic (exact) mass is 406 g/mol. The van der Waals surface area contributed by atoms with Gasteiger partial charge in [-0.3, -0.25) is 9.67 Å². The van der Waals surface area contributed by atoms with E-state index in [1.165, 1.54) is 12.8 Å². The zero-order chi connectivity index (χ0) is 19.6. The molecule has 5 rings (SSSR count). The summed E-state index contributed by atoms with van der Waals surface area (Å²) < 4.78 is 8.96. The fourth-order valence-electron chi connectivity index (χ4n) is 3.50. The minimum absolute atomic E-state index is 0.447. The lowest BCUT2D eigenvalue weighted by molar-refractivity contribution is 0.480. The van der Waals surface area contributed by atoms with Crippen LogP contribution < -0.4 is 15.4 Å². The Bertz CT molecular complexity index is 1130. The number of pyridine rings is 1. The van der Waals surface area contributed by atoms with E-state index in [4.69, 9.17) is 9.72 Å². The van der Waals surface area contributed by atoms with Gasteiger partial charge in [-0.05, 0) is 37.6 Å². The molecule has 0 saturated carbocycles. The number of rotatable bonds is 5. The molecule has 0 aliphatic carbocycles. The van der Waals surface area contributed by atoms with E-state index in [9.17, 15) is 0 Å². The highest BCUT2D eigenvalue weighted by molar-refractivity contribution is 7.22. The molecule has 29 heavy (non-hydrogen) atoms. The summed E-state index contributed by atoms with van der Waals surface area (Å²) in [5.74, 6) is 1.53. The van der Waals surface area contributed by atoms with Crippen LogP contribution in [-0.4, -0.2) is 38.9 Å². The molecule has 4 heterocycles. The lowest BCUT2D eigenvalue weighted by Crippen LogP contribution is -2.38. The summed E-state index contributed by atoms with van der Waals surface area (Å²) >= 11 is 1.67. The molecule has 1 atom stereocenters. The summed E-state index contributed by atoms with van der Waals surface area (Å²) in [7, 11) is 1.89. The standard InChI is InChI=1S/C21H22N6OS/c1-27-13-14(11-24-27)19-9-17(6-8-23-19)28-16-4-5-18-20(10-16)29-21(26-18)25-15-3-2-7-22-12-15/h4-6,8-11,13,15,22H,2-3,7,12H2,1H3,(H,25,26). The predicted octanol–water partition coefficient (Wildman–Crippen LogP) is 4.05.